The number of urea groups is 1. The number of fused-ring (bicyclic) bond motifs is 1. The van der Waals surface area contributed by atoms with Gasteiger partial charge in [0.05, 0.1) is 13.0 Å². The highest BCUT2D eigenvalue weighted by Crippen LogP contribution is 2.23. The van der Waals surface area contributed by atoms with Gasteiger partial charge in [0, 0.05) is 68.6 Å². The van der Waals surface area contributed by atoms with E-state index in [1.165, 1.54) is 36.6 Å². The van der Waals surface area contributed by atoms with Crippen LogP contribution in [0.15, 0.2) is 121 Å². The summed E-state index contributed by atoms with van der Waals surface area (Å²) < 4.78 is 0. The number of hydrogen-bond donors (Lipinski definition) is 15. The minimum Gasteiger partial charge on any atom is -0.394 e. The lowest BCUT2D eigenvalue weighted by Gasteiger charge is -2.31. The number of amides is 13. The van der Waals surface area contributed by atoms with Gasteiger partial charge in [0.2, 0.25) is 65.0 Å². The van der Waals surface area contributed by atoms with Crippen LogP contribution in [0.4, 0.5) is 4.79 Å². The summed E-state index contributed by atoms with van der Waals surface area (Å²) in [4.78, 5) is 180. The van der Waals surface area contributed by atoms with Crippen LogP contribution in [0.25, 0.3) is 10.8 Å². The van der Waals surface area contributed by atoms with Gasteiger partial charge in [0.25, 0.3) is 0 Å². The van der Waals surface area contributed by atoms with Gasteiger partial charge in [-0.05, 0) is 102 Å². The van der Waals surface area contributed by atoms with Crippen molar-refractivity contribution in [3.63, 3.8) is 0 Å². The maximum atomic E-state index is 14.7. The minimum absolute atomic E-state index is 0.0224. The maximum absolute atomic E-state index is 14.7. The first kappa shape index (κ1) is 76.2. The molecule has 13 amide bonds. The van der Waals surface area contributed by atoms with Crippen molar-refractivity contribution in [1.29, 1.82) is 0 Å². The van der Waals surface area contributed by atoms with Crippen molar-refractivity contribution in [1.82, 2.24) is 62.7 Å². The molecule has 0 aliphatic carbocycles. The summed E-state index contributed by atoms with van der Waals surface area (Å²) in [6.45, 7) is 3.96. The van der Waals surface area contributed by atoms with Gasteiger partial charge in [-0.15, -0.1) is 0 Å². The fraction of sp³-hybridized carbons (Fsp3) is 0.409. The lowest BCUT2D eigenvalue weighted by Crippen LogP contribution is -2.62. The SMILES string of the molecule is CC(C)C[C@H](NC(=O)[C@@H](Cc1cccnc1)NC(=O)[C@H](CC(N)=O)NC(=O)[C@H](CO)NC(=O)[C@@H](Cc1cccnc1)NC(=O)[C@@H](Cc1ccc(Cl)cc1)NC(=O)[C@@H](Cc1cccc2ccccc12)NC(N)=O)C(=O)N[C@@H](CCCN=C(N)N)C(=O)N1CCC[C@H]1C(=O)N[C@H](C)C(N)=O. The van der Waals surface area contributed by atoms with Crippen LogP contribution in [0.1, 0.15) is 81.5 Å². The predicted molar refractivity (Wildman–Crippen MR) is 361 cm³/mol. The number of aliphatic hydroxyl groups is 1. The van der Waals surface area contributed by atoms with Crippen molar-refractivity contribution < 1.29 is 62.6 Å². The summed E-state index contributed by atoms with van der Waals surface area (Å²) in [6.07, 6.45) is 4.75. The van der Waals surface area contributed by atoms with Gasteiger partial charge in [0.1, 0.15) is 60.4 Å². The number of nitrogens with two attached hydrogens (primary N) is 5. The van der Waals surface area contributed by atoms with Gasteiger partial charge in [-0.25, -0.2) is 4.79 Å². The molecule has 5 aromatic rings. The summed E-state index contributed by atoms with van der Waals surface area (Å²) in [5.74, 6) is -10.7. The van der Waals surface area contributed by atoms with Gasteiger partial charge in [-0.1, -0.05) is 92.2 Å². The summed E-state index contributed by atoms with van der Waals surface area (Å²) in [5, 5.41) is 35.8. The molecule has 1 aliphatic rings. The molecule has 1 fully saturated rings. The van der Waals surface area contributed by atoms with Crippen LogP contribution in [-0.4, -0.2) is 177 Å². The van der Waals surface area contributed by atoms with E-state index < -0.39 is 144 Å². The lowest BCUT2D eigenvalue weighted by atomic mass is 9.97. The van der Waals surface area contributed by atoms with Crippen LogP contribution in [0, 0.1) is 5.92 Å². The molecule has 0 saturated carbocycles. The van der Waals surface area contributed by atoms with E-state index in [9.17, 15) is 62.6 Å². The Morgan fingerprint density at radius 1 is 0.561 bits per heavy atom. The second kappa shape index (κ2) is 37.5. The lowest BCUT2D eigenvalue weighted by molar-refractivity contribution is -0.142. The van der Waals surface area contributed by atoms with E-state index in [1.807, 2.05) is 30.3 Å². The quantitative estimate of drug-likeness (QED) is 0.0116. The molecule has 6 rings (SSSR count). The Kier molecular flexibility index (Phi) is 29.1. The molecule has 20 N–H and O–H groups in total. The van der Waals surface area contributed by atoms with Crippen molar-refractivity contribution in [2.24, 2.45) is 39.6 Å². The van der Waals surface area contributed by atoms with Gasteiger partial charge in [-0.3, -0.25) is 67.7 Å². The topological polar surface area (TPSA) is 505 Å². The summed E-state index contributed by atoms with van der Waals surface area (Å²) in [5.41, 5.74) is 29.6. The number of aromatic nitrogens is 2. The molecule has 10 atom stereocenters. The van der Waals surface area contributed by atoms with E-state index >= 15 is 0 Å². The number of halogens is 1. The number of aliphatic imine (C=N–C) groups is 1. The highest BCUT2D eigenvalue weighted by atomic mass is 35.5. The van der Waals surface area contributed by atoms with Crippen LogP contribution < -0.4 is 76.5 Å². The van der Waals surface area contributed by atoms with Crippen LogP contribution in [-0.2, 0) is 78.4 Å². The number of pyridine rings is 2. The van der Waals surface area contributed by atoms with E-state index in [-0.39, 0.29) is 76.3 Å². The first-order chi connectivity index (χ1) is 46.7. The van der Waals surface area contributed by atoms with Crippen molar-refractivity contribution in [3.8, 4) is 0 Å². The van der Waals surface area contributed by atoms with Crippen LogP contribution in [0.5, 0.6) is 0 Å². The normalized spacial score (nSPS) is 15.4. The van der Waals surface area contributed by atoms with Crippen LogP contribution in [0.2, 0.25) is 5.02 Å². The second-order valence-corrected chi connectivity index (χ2v) is 24.5. The largest absolute Gasteiger partial charge is 0.394 e. The fourth-order valence-corrected chi connectivity index (χ4v) is 11.0. The summed E-state index contributed by atoms with van der Waals surface area (Å²) >= 11 is 6.20. The zero-order valence-corrected chi connectivity index (χ0v) is 55.2. The van der Waals surface area contributed by atoms with Crippen molar-refractivity contribution in [2.75, 3.05) is 19.7 Å². The molecule has 98 heavy (non-hydrogen) atoms. The number of benzene rings is 3. The zero-order valence-electron chi connectivity index (χ0n) is 54.4. The molecular weight excluding hydrogens is 1290 g/mol. The molecular formula is C66H85ClN18O13. The number of hydrogen-bond acceptors (Lipinski definition) is 16. The number of carbonyl (C=O) groups is 12. The monoisotopic (exact) mass is 1370 g/mol. The number of nitrogens with zero attached hydrogens (tertiary/aromatic N) is 4. The Hall–Kier alpha value is -10.8. The third-order valence-electron chi connectivity index (χ3n) is 15.9. The highest BCUT2D eigenvalue weighted by Gasteiger charge is 2.40. The van der Waals surface area contributed by atoms with E-state index in [2.05, 4.69) is 62.8 Å². The molecule has 524 valence electrons. The molecule has 0 spiro atoms. The number of primary amides is 3. The van der Waals surface area contributed by atoms with Gasteiger partial charge in [0.15, 0.2) is 5.96 Å². The van der Waals surface area contributed by atoms with E-state index in [1.54, 1.807) is 74.5 Å². The summed E-state index contributed by atoms with van der Waals surface area (Å²) in [7, 11) is 0. The minimum atomic E-state index is -1.91. The van der Waals surface area contributed by atoms with E-state index in [0.717, 1.165) is 10.8 Å². The van der Waals surface area contributed by atoms with Crippen molar-refractivity contribution >= 4 is 99.3 Å². The van der Waals surface area contributed by atoms with Gasteiger partial charge < -0.3 is 86.5 Å². The highest BCUT2D eigenvalue weighted by molar-refractivity contribution is 6.30. The number of carbonyl (C=O) groups excluding carboxylic acids is 12. The van der Waals surface area contributed by atoms with Crippen LogP contribution in [0.3, 0.4) is 0 Å². The molecule has 31 nitrogen and oxygen atoms in total. The summed E-state index contributed by atoms with van der Waals surface area (Å²) in [6, 6.07) is 9.87. The zero-order chi connectivity index (χ0) is 71.6. The van der Waals surface area contributed by atoms with Crippen molar-refractivity contribution in [2.45, 2.75) is 145 Å². The number of nitrogens with one attached hydrogen (secondary N) is 9. The van der Waals surface area contributed by atoms with Gasteiger partial charge in [-0.2, -0.15) is 0 Å². The number of aliphatic hydroxyl groups excluding tert-OH is 1. The van der Waals surface area contributed by atoms with E-state index in [4.69, 9.17) is 40.3 Å². The first-order valence-electron chi connectivity index (χ1n) is 31.7. The Balaban J connectivity index is 1.22. The standard InChI is InChI=1S/C66H85ClN18O13/c1-36(2)27-46(56(89)77-45(17-9-25-75-65(70)71)64(97)85-26-10-18-53(85)63(96)76-37(3)55(69)88)78-58(91)48(29-39-11-7-23-73-33-39)81-61(94)51(32-54(68)87)82-62(95)52(35-86)83-59(92)49(30-40-12-8-24-74-34-40)80-57(90)47(28-38-19-21-43(67)22-20-38)79-60(93)50(84-66(72)98)31-42-15-6-14-41-13-4-5-16-44(41)42/h4-8,11-16,19-24,33-34,36-37,45-53,86H,9-10,17-18,25-32,35H2,1-3H3,(H2,68,87)(H2,69,88)(H,76,96)(H,77,89)(H,78,91)(H,79,93)(H,80,90)(H,81,94)(H,82,95)(H,83,92)(H4,70,71,75)(H3,72,84,98)/t37-,45+,46+,47-,48-,49-,50-,51+,52+,53+/m1/s1. The second-order valence-electron chi connectivity index (χ2n) is 24.0. The van der Waals surface area contributed by atoms with E-state index in [0.29, 0.717) is 33.7 Å². The average molecular weight is 1370 g/mol. The molecule has 1 aliphatic heterocycles. The Morgan fingerprint density at radius 3 is 1.59 bits per heavy atom. The Bertz CT molecular complexity index is 3660. The molecule has 3 heterocycles. The molecule has 0 unspecified atom stereocenters. The molecule has 3 aromatic carbocycles. The molecule has 32 heteroatoms. The average Bonchev–Trinajstić information content (AvgIpc) is 1.13. The van der Waals surface area contributed by atoms with Crippen LogP contribution >= 0.6 is 11.6 Å². The third kappa shape index (κ3) is 23.8. The fourth-order valence-electron chi connectivity index (χ4n) is 10.9. The Morgan fingerprint density at radius 2 is 1.06 bits per heavy atom. The maximum Gasteiger partial charge on any atom is 0.312 e. The molecule has 0 bridgehead atoms. The third-order valence-corrected chi connectivity index (χ3v) is 16.1. The predicted octanol–water partition coefficient (Wildman–Crippen LogP) is -2.07. The smallest absolute Gasteiger partial charge is 0.312 e. The Labute approximate surface area is 570 Å². The molecule has 2 aromatic heterocycles. The van der Waals surface area contributed by atoms with Crippen molar-refractivity contribution in [3.05, 3.63) is 143 Å². The van der Waals surface area contributed by atoms with Gasteiger partial charge >= 0.3 is 6.03 Å². The first-order valence-corrected chi connectivity index (χ1v) is 32.1. The number of guanidine groups is 1. The number of likely N-dealkylation sites (tertiary alicyclic amines) is 1. The molecule has 1 saturated heterocycles. The molecule has 0 radical (unpaired) electrons. The number of rotatable bonds is 36.